The van der Waals surface area contributed by atoms with E-state index in [1.807, 2.05) is 0 Å². The molecule has 2 atom stereocenters. The van der Waals surface area contributed by atoms with Gasteiger partial charge in [-0.15, -0.1) is 0 Å². The van der Waals surface area contributed by atoms with Gasteiger partial charge in [0.2, 0.25) is 5.91 Å². The number of ether oxygens (including phenoxy) is 3. The van der Waals surface area contributed by atoms with Crippen molar-refractivity contribution in [2.24, 2.45) is 5.92 Å². The fraction of sp³-hybridized carbons (Fsp3) is 0.769. The topological polar surface area (TPSA) is 111 Å². The Bertz CT molecular complexity index is 345. The van der Waals surface area contributed by atoms with Gasteiger partial charge in [-0.05, 0) is 12.8 Å². The number of methoxy groups -OCH3 is 1. The lowest BCUT2D eigenvalue weighted by atomic mass is 9.98. The Labute approximate surface area is 123 Å². The maximum absolute atomic E-state index is 11.6. The average Bonchev–Trinajstić information content (AvgIpc) is 2.40. The highest BCUT2D eigenvalue weighted by molar-refractivity contribution is 5.85. The van der Waals surface area contributed by atoms with E-state index in [-0.39, 0.29) is 26.2 Å². The Kier molecular flexibility index (Phi) is 10.2. The smallest absolute Gasteiger partial charge is 0.326 e. The van der Waals surface area contributed by atoms with Gasteiger partial charge in [0, 0.05) is 7.11 Å². The van der Waals surface area contributed by atoms with Crippen molar-refractivity contribution in [3.8, 4) is 0 Å². The van der Waals surface area contributed by atoms with Gasteiger partial charge in [-0.2, -0.15) is 0 Å². The molecule has 0 saturated carbocycles. The summed E-state index contributed by atoms with van der Waals surface area (Å²) in [5, 5.41) is 11.4. The molecule has 0 spiro atoms. The SMILES string of the molecule is CCOC(=O)C[C@H](C)[C@H](NC(=O)COCCOC)C(=O)O. The van der Waals surface area contributed by atoms with Gasteiger partial charge in [0.1, 0.15) is 12.6 Å². The zero-order chi connectivity index (χ0) is 16.3. The maximum Gasteiger partial charge on any atom is 0.326 e. The maximum atomic E-state index is 11.6. The van der Waals surface area contributed by atoms with Gasteiger partial charge in [-0.3, -0.25) is 9.59 Å². The highest BCUT2D eigenvalue weighted by Crippen LogP contribution is 2.10. The second-order valence-electron chi connectivity index (χ2n) is 4.42. The number of aliphatic carboxylic acids is 1. The van der Waals surface area contributed by atoms with Crippen molar-refractivity contribution in [3.63, 3.8) is 0 Å². The first-order valence-electron chi connectivity index (χ1n) is 6.66. The van der Waals surface area contributed by atoms with Crippen molar-refractivity contribution in [2.75, 3.05) is 33.5 Å². The summed E-state index contributed by atoms with van der Waals surface area (Å²) in [6, 6.07) is -1.17. The Morgan fingerprint density at radius 2 is 1.90 bits per heavy atom. The van der Waals surface area contributed by atoms with Gasteiger partial charge < -0.3 is 24.6 Å². The van der Waals surface area contributed by atoms with Gasteiger partial charge in [-0.25, -0.2) is 4.79 Å². The molecule has 0 rings (SSSR count). The number of carbonyl (C=O) groups excluding carboxylic acids is 2. The molecule has 0 bridgehead atoms. The third-order valence-corrected chi connectivity index (χ3v) is 2.61. The van der Waals surface area contributed by atoms with Crippen molar-refractivity contribution in [2.45, 2.75) is 26.3 Å². The van der Waals surface area contributed by atoms with Crippen molar-refractivity contribution < 1.29 is 33.7 Å². The van der Waals surface area contributed by atoms with E-state index in [2.05, 4.69) is 5.32 Å². The lowest BCUT2D eigenvalue weighted by Gasteiger charge is -2.20. The minimum absolute atomic E-state index is 0.0877. The van der Waals surface area contributed by atoms with Gasteiger partial charge in [0.05, 0.1) is 26.2 Å². The molecular weight excluding hydrogens is 282 g/mol. The van der Waals surface area contributed by atoms with Crippen LogP contribution in [0, 0.1) is 5.92 Å². The monoisotopic (exact) mass is 305 g/mol. The van der Waals surface area contributed by atoms with Crippen LogP contribution in [0.5, 0.6) is 0 Å². The van der Waals surface area contributed by atoms with Crippen LogP contribution < -0.4 is 5.32 Å². The Balaban J connectivity index is 4.31. The van der Waals surface area contributed by atoms with E-state index in [1.54, 1.807) is 13.8 Å². The molecule has 0 radical (unpaired) electrons. The highest BCUT2D eigenvalue weighted by atomic mass is 16.5. The van der Waals surface area contributed by atoms with Crippen molar-refractivity contribution in [3.05, 3.63) is 0 Å². The molecule has 0 aromatic rings. The molecule has 0 aromatic heterocycles. The molecule has 2 N–H and O–H groups in total. The summed E-state index contributed by atoms with van der Waals surface area (Å²) >= 11 is 0. The number of rotatable bonds is 11. The first-order valence-corrected chi connectivity index (χ1v) is 6.66. The van der Waals surface area contributed by atoms with Crippen LogP contribution in [0.25, 0.3) is 0 Å². The minimum atomic E-state index is -1.21. The van der Waals surface area contributed by atoms with Gasteiger partial charge in [0.15, 0.2) is 0 Å². The fourth-order valence-electron chi connectivity index (χ4n) is 1.57. The lowest BCUT2D eigenvalue weighted by molar-refractivity contribution is -0.147. The van der Waals surface area contributed by atoms with Crippen molar-refractivity contribution in [1.29, 1.82) is 0 Å². The Hall–Kier alpha value is -1.67. The third kappa shape index (κ3) is 8.98. The van der Waals surface area contributed by atoms with Crippen molar-refractivity contribution >= 4 is 17.8 Å². The number of carbonyl (C=O) groups is 3. The molecule has 122 valence electrons. The number of hydrogen-bond donors (Lipinski definition) is 2. The van der Waals surface area contributed by atoms with Crippen LogP contribution in [-0.4, -0.2) is 62.5 Å². The number of carboxylic acid groups (broad SMARTS) is 1. The molecule has 0 fully saturated rings. The molecule has 0 aliphatic heterocycles. The van der Waals surface area contributed by atoms with Crippen LogP contribution in [0.4, 0.5) is 0 Å². The average molecular weight is 305 g/mol. The number of carboxylic acids is 1. The predicted octanol–water partition coefficient (Wildman–Crippen LogP) is -0.192. The van der Waals surface area contributed by atoms with E-state index in [9.17, 15) is 14.4 Å². The normalized spacial score (nSPS) is 13.3. The van der Waals surface area contributed by atoms with E-state index in [1.165, 1.54) is 7.11 Å². The summed E-state index contributed by atoms with van der Waals surface area (Å²) in [5.74, 6) is -2.86. The van der Waals surface area contributed by atoms with Gasteiger partial charge in [-0.1, -0.05) is 6.92 Å². The molecule has 0 unspecified atom stereocenters. The number of esters is 1. The van der Waals surface area contributed by atoms with Crippen molar-refractivity contribution in [1.82, 2.24) is 5.32 Å². The zero-order valence-corrected chi connectivity index (χ0v) is 12.6. The molecule has 1 amide bonds. The molecule has 21 heavy (non-hydrogen) atoms. The largest absolute Gasteiger partial charge is 0.480 e. The first kappa shape index (κ1) is 19.3. The molecule has 0 aliphatic carbocycles. The lowest BCUT2D eigenvalue weighted by Crippen LogP contribution is -2.47. The van der Waals surface area contributed by atoms with Crippen LogP contribution in [0.1, 0.15) is 20.3 Å². The van der Waals surface area contributed by atoms with E-state index in [4.69, 9.17) is 19.3 Å². The van der Waals surface area contributed by atoms with Crippen LogP contribution in [0.3, 0.4) is 0 Å². The van der Waals surface area contributed by atoms with Gasteiger partial charge >= 0.3 is 11.9 Å². The highest BCUT2D eigenvalue weighted by Gasteiger charge is 2.28. The Morgan fingerprint density at radius 3 is 2.43 bits per heavy atom. The summed E-state index contributed by atoms with van der Waals surface area (Å²) < 4.78 is 14.5. The van der Waals surface area contributed by atoms with E-state index < -0.39 is 29.8 Å². The fourth-order valence-corrected chi connectivity index (χ4v) is 1.57. The third-order valence-electron chi connectivity index (χ3n) is 2.61. The number of hydrogen-bond acceptors (Lipinski definition) is 6. The van der Waals surface area contributed by atoms with E-state index in [0.717, 1.165) is 0 Å². The molecule has 0 aliphatic rings. The van der Waals surface area contributed by atoms with Crippen LogP contribution in [-0.2, 0) is 28.6 Å². The first-order chi connectivity index (χ1) is 9.92. The second-order valence-corrected chi connectivity index (χ2v) is 4.42. The summed E-state index contributed by atoms with van der Waals surface area (Å²) in [6.07, 6.45) is -0.0877. The predicted molar refractivity (Wildman–Crippen MR) is 72.7 cm³/mol. The molecule has 8 heteroatoms. The number of amides is 1. The molecular formula is C13H23NO7. The minimum Gasteiger partial charge on any atom is -0.480 e. The van der Waals surface area contributed by atoms with Gasteiger partial charge in [0.25, 0.3) is 0 Å². The molecule has 0 aromatic carbocycles. The summed E-state index contributed by atoms with van der Waals surface area (Å²) in [5.41, 5.74) is 0. The summed E-state index contributed by atoms with van der Waals surface area (Å²) in [6.45, 7) is 3.76. The summed E-state index contributed by atoms with van der Waals surface area (Å²) in [7, 11) is 1.50. The molecule has 8 nitrogen and oxygen atoms in total. The zero-order valence-electron chi connectivity index (χ0n) is 12.6. The van der Waals surface area contributed by atoms with E-state index in [0.29, 0.717) is 6.61 Å². The number of nitrogens with one attached hydrogen (secondary N) is 1. The molecule has 0 heterocycles. The van der Waals surface area contributed by atoms with Crippen LogP contribution in [0.15, 0.2) is 0 Å². The standard InChI is InChI=1S/C13H23NO7/c1-4-21-11(16)7-9(2)12(13(17)18)14-10(15)8-20-6-5-19-3/h9,12H,4-8H2,1-3H3,(H,14,15)(H,17,18)/t9-,12-/m0/s1. The van der Waals surface area contributed by atoms with Crippen LogP contribution >= 0.6 is 0 Å². The summed E-state index contributed by atoms with van der Waals surface area (Å²) in [4.78, 5) is 34.1. The Morgan fingerprint density at radius 1 is 1.24 bits per heavy atom. The van der Waals surface area contributed by atoms with Crippen LogP contribution in [0.2, 0.25) is 0 Å². The second kappa shape index (κ2) is 11.0. The quantitative estimate of drug-likeness (QED) is 0.402. The van der Waals surface area contributed by atoms with E-state index >= 15 is 0 Å². The molecule has 0 saturated heterocycles.